The highest BCUT2D eigenvalue weighted by atomic mass is 32.1. The molecule has 0 atom stereocenters. The zero-order chi connectivity index (χ0) is 22.3. The lowest BCUT2D eigenvalue weighted by molar-refractivity contribution is 0.412. The van der Waals surface area contributed by atoms with Crippen molar-refractivity contribution in [3.05, 3.63) is 17.1 Å². The molecule has 1 saturated carbocycles. The van der Waals surface area contributed by atoms with Gasteiger partial charge in [0.15, 0.2) is 10.9 Å². The minimum atomic E-state index is 0.562. The molecule has 6 nitrogen and oxygen atoms in total. The summed E-state index contributed by atoms with van der Waals surface area (Å²) in [5.41, 5.74) is 11.1. The van der Waals surface area contributed by atoms with Crippen LogP contribution in [0.25, 0.3) is 11.0 Å². The van der Waals surface area contributed by atoms with Gasteiger partial charge in [-0.2, -0.15) is 0 Å². The molecule has 2 heterocycles. The van der Waals surface area contributed by atoms with Crippen LogP contribution in [0.2, 0.25) is 0 Å². The Kier molecular flexibility index (Phi) is 8.22. The number of nitrogens with zero attached hydrogens (tertiary/aromatic N) is 3. The van der Waals surface area contributed by atoms with E-state index in [2.05, 4.69) is 22.1 Å². The number of thiocarbonyl (C=S) groups is 1. The molecule has 4 N–H and O–H groups in total. The lowest BCUT2D eigenvalue weighted by atomic mass is 9.95. The topological polar surface area (TPSA) is 80.8 Å². The second-order valence-electron chi connectivity index (χ2n) is 9.55. The monoisotopic (exact) mass is 456 g/mol. The lowest BCUT2D eigenvalue weighted by Crippen LogP contribution is -2.43. The van der Waals surface area contributed by atoms with E-state index in [1.54, 1.807) is 0 Å². The number of unbranched alkanes of at least 4 members (excludes halogenated alkanes) is 2. The number of nitrogen functional groups attached to an aromatic ring is 1. The Bertz CT molecular complexity index is 915. The van der Waals surface area contributed by atoms with Crippen molar-refractivity contribution in [1.82, 2.24) is 25.2 Å². The number of pyridine rings is 1. The molecule has 2 aromatic rings. The van der Waals surface area contributed by atoms with Crippen LogP contribution >= 0.6 is 12.2 Å². The average molecular weight is 457 g/mol. The first-order valence-electron chi connectivity index (χ1n) is 12.9. The summed E-state index contributed by atoms with van der Waals surface area (Å²) in [7, 11) is 0. The van der Waals surface area contributed by atoms with Gasteiger partial charge in [0.05, 0.1) is 5.52 Å². The number of aryl methyl sites for hydroxylation is 4. The molecule has 176 valence electrons. The summed E-state index contributed by atoms with van der Waals surface area (Å²) in [6.45, 7) is 4.13. The van der Waals surface area contributed by atoms with Crippen molar-refractivity contribution in [3.63, 3.8) is 0 Å². The molecule has 2 aromatic heterocycles. The van der Waals surface area contributed by atoms with Gasteiger partial charge in [-0.3, -0.25) is 0 Å². The molecule has 1 fully saturated rings. The molecule has 0 radical (unpaired) electrons. The third-order valence-corrected chi connectivity index (χ3v) is 7.32. The van der Waals surface area contributed by atoms with Crippen molar-refractivity contribution in [1.29, 1.82) is 0 Å². The van der Waals surface area contributed by atoms with Gasteiger partial charge in [0.1, 0.15) is 11.3 Å². The molecular formula is C25H40N6S. The van der Waals surface area contributed by atoms with Gasteiger partial charge < -0.3 is 20.9 Å². The third kappa shape index (κ3) is 5.53. The minimum Gasteiger partial charge on any atom is -0.382 e. The SMILES string of the molecule is CCCCc1nc2c(N)nc3c(c2n1CCCCNC(=S)NC1CCCCC1)CCCC3. The summed E-state index contributed by atoms with van der Waals surface area (Å²) < 4.78 is 2.46. The van der Waals surface area contributed by atoms with Gasteiger partial charge in [-0.25, -0.2) is 9.97 Å². The van der Waals surface area contributed by atoms with Crippen LogP contribution in [0.4, 0.5) is 5.82 Å². The Hall–Kier alpha value is -1.89. The van der Waals surface area contributed by atoms with Crippen LogP contribution in [-0.4, -0.2) is 32.2 Å². The first-order chi connectivity index (χ1) is 15.7. The summed E-state index contributed by atoms with van der Waals surface area (Å²) in [5.74, 6) is 1.79. The second-order valence-corrected chi connectivity index (χ2v) is 9.96. The van der Waals surface area contributed by atoms with E-state index in [4.69, 9.17) is 27.9 Å². The molecule has 7 heteroatoms. The number of rotatable bonds is 9. The highest BCUT2D eigenvalue weighted by Crippen LogP contribution is 2.32. The minimum absolute atomic E-state index is 0.562. The Morgan fingerprint density at radius 2 is 1.88 bits per heavy atom. The molecule has 0 aliphatic heterocycles. The van der Waals surface area contributed by atoms with Crippen molar-refractivity contribution in [2.24, 2.45) is 0 Å². The molecular weight excluding hydrogens is 416 g/mol. The fraction of sp³-hybridized carbons (Fsp3) is 0.720. The van der Waals surface area contributed by atoms with Crippen LogP contribution in [0.3, 0.4) is 0 Å². The zero-order valence-electron chi connectivity index (χ0n) is 19.7. The standard InChI is InChI=1S/C25H40N6S/c1-2-3-15-21-30-22-23(19-13-7-8-14-20(19)29-24(22)26)31(21)17-10-9-16-27-25(32)28-18-11-5-4-6-12-18/h18H,2-17H2,1H3,(H2,26,29)(H2,27,28,32). The van der Waals surface area contributed by atoms with E-state index in [1.807, 2.05) is 0 Å². The van der Waals surface area contributed by atoms with E-state index in [0.717, 1.165) is 62.2 Å². The predicted molar refractivity (Wildman–Crippen MR) is 137 cm³/mol. The molecule has 0 saturated heterocycles. The summed E-state index contributed by atoms with van der Waals surface area (Å²) >= 11 is 5.52. The number of imidazole rings is 1. The van der Waals surface area contributed by atoms with Crippen LogP contribution < -0.4 is 16.4 Å². The molecule has 0 amide bonds. The summed E-state index contributed by atoms with van der Waals surface area (Å²) in [5, 5.41) is 7.75. The molecule has 2 aliphatic rings. The molecule has 2 aliphatic carbocycles. The Labute approximate surface area is 198 Å². The first kappa shape index (κ1) is 23.3. The van der Waals surface area contributed by atoms with Gasteiger partial charge >= 0.3 is 0 Å². The normalized spacial score (nSPS) is 16.8. The largest absolute Gasteiger partial charge is 0.382 e. The Balaban J connectivity index is 1.39. The average Bonchev–Trinajstić information content (AvgIpc) is 3.17. The maximum atomic E-state index is 6.36. The van der Waals surface area contributed by atoms with Crippen LogP contribution in [0, 0.1) is 0 Å². The van der Waals surface area contributed by atoms with E-state index < -0.39 is 0 Å². The predicted octanol–water partition coefficient (Wildman–Crippen LogP) is 4.81. The molecule has 32 heavy (non-hydrogen) atoms. The van der Waals surface area contributed by atoms with Crippen LogP contribution in [0.1, 0.15) is 94.6 Å². The summed E-state index contributed by atoms with van der Waals surface area (Å²) in [4.78, 5) is 9.70. The molecule has 0 unspecified atom stereocenters. The van der Waals surface area contributed by atoms with E-state index in [0.29, 0.717) is 11.9 Å². The van der Waals surface area contributed by atoms with E-state index >= 15 is 0 Å². The fourth-order valence-corrected chi connectivity index (χ4v) is 5.57. The third-order valence-electron chi connectivity index (χ3n) is 7.06. The van der Waals surface area contributed by atoms with Crippen LogP contribution in [-0.2, 0) is 25.8 Å². The Morgan fingerprint density at radius 3 is 2.69 bits per heavy atom. The number of hydrogen-bond donors (Lipinski definition) is 3. The maximum Gasteiger partial charge on any atom is 0.166 e. The second kappa shape index (κ2) is 11.3. The Morgan fingerprint density at radius 1 is 1.06 bits per heavy atom. The fourth-order valence-electron chi connectivity index (χ4n) is 5.30. The highest BCUT2D eigenvalue weighted by molar-refractivity contribution is 7.80. The molecule has 0 bridgehead atoms. The zero-order valence-corrected chi connectivity index (χ0v) is 20.5. The molecule has 4 rings (SSSR count). The van der Waals surface area contributed by atoms with Crippen molar-refractivity contribution in [2.45, 2.75) is 109 Å². The van der Waals surface area contributed by atoms with Gasteiger partial charge in [-0.1, -0.05) is 32.6 Å². The maximum absolute atomic E-state index is 6.36. The lowest BCUT2D eigenvalue weighted by Gasteiger charge is -2.24. The first-order valence-corrected chi connectivity index (χ1v) is 13.3. The van der Waals surface area contributed by atoms with Gasteiger partial charge in [0.2, 0.25) is 0 Å². The van der Waals surface area contributed by atoms with Crippen molar-refractivity contribution in [3.8, 4) is 0 Å². The van der Waals surface area contributed by atoms with Gasteiger partial charge in [0.25, 0.3) is 0 Å². The number of nitrogens with two attached hydrogens (primary N) is 1. The van der Waals surface area contributed by atoms with Crippen molar-refractivity contribution in [2.75, 3.05) is 12.3 Å². The summed E-state index contributed by atoms with van der Waals surface area (Å²) in [6, 6.07) is 0.562. The van der Waals surface area contributed by atoms with Gasteiger partial charge in [-0.05, 0) is 75.6 Å². The summed E-state index contributed by atoms with van der Waals surface area (Å²) in [6.07, 6.45) is 16.6. The van der Waals surface area contributed by atoms with Crippen LogP contribution in [0.15, 0.2) is 0 Å². The van der Waals surface area contributed by atoms with E-state index in [-0.39, 0.29) is 0 Å². The number of fused-ring (bicyclic) bond motifs is 3. The highest BCUT2D eigenvalue weighted by Gasteiger charge is 2.22. The van der Waals surface area contributed by atoms with E-state index in [9.17, 15) is 0 Å². The number of aromatic nitrogens is 3. The number of anilines is 1. The number of hydrogen-bond acceptors (Lipinski definition) is 4. The van der Waals surface area contributed by atoms with Gasteiger partial charge in [0, 0.05) is 31.2 Å². The van der Waals surface area contributed by atoms with E-state index in [1.165, 1.54) is 74.0 Å². The smallest absolute Gasteiger partial charge is 0.166 e. The quantitative estimate of drug-likeness (QED) is 0.371. The molecule has 0 spiro atoms. The van der Waals surface area contributed by atoms with Crippen LogP contribution in [0.5, 0.6) is 0 Å². The van der Waals surface area contributed by atoms with Gasteiger partial charge in [-0.15, -0.1) is 0 Å². The van der Waals surface area contributed by atoms with Crippen molar-refractivity contribution < 1.29 is 0 Å². The number of nitrogens with one attached hydrogen (secondary N) is 2. The van der Waals surface area contributed by atoms with Crippen molar-refractivity contribution >= 4 is 34.2 Å². The molecule has 0 aromatic carbocycles.